The molecule has 3 N–H and O–H groups in total. The number of carbonyl (C=O) groups is 1. The zero-order valence-corrected chi connectivity index (χ0v) is 10.9. The van der Waals surface area contributed by atoms with E-state index in [1.165, 1.54) is 0 Å². The first-order chi connectivity index (χ1) is 8.04. The van der Waals surface area contributed by atoms with Crippen LogP contribution in [-0.2, 0) is 11.3 Å². The maximum absolute atomic E-state index is 10.7. The molecule has 0 radical (unpaired) electrons. The lowest BCUT2D eigenvalue weighted by Crippen LogP contribution is -2.21. The Morgan fingerprint density at radius 2 is 2.18 bits per heavy atom. The van der Waals surface area contributed by atoms with Crippen LogP contribution in [0.25, 0.3) is 0 Å². The number of ether oxygens (including phenoxy) is 1. The molecular formula is C11H14Cl2N2O2. The van der Waals surface area contributed by atoms with Crippen LogP contribution >= 0.6 is 23.2 Å². The number of nitrogens with two attached hydrogens (primary N) is 1. The molecular weight excluding hydrogens is 263 g/mol. The van der Waals surface area contributed by atoms with Gasteiger partial charge in [0.2, 0.25) is 0 Å². The highest BCUT2D eigenvalue weighted by Crippen LogP contribution is 2.32. The molecule has 0 atom stereocenters. The average molecular weight is 277 g/mol. The number of nitrogens with one attached hydrogen (secondary N) is 1. The van der Waals surface area contributed by atoms with Crippen molar-refractivity contribution in [3.63, 3.8) is 0 Å². The van der Waals surface area contributed by atoms with Gasteiger partial charge in [-0.2, -0.15) is 0 Å². The highest BCUT2D eigenvalue weighted by molar-refractivity contribution is 6.35. The molecule has 0 unspecified atom stereocenters. The van der Waals surface area contributed by atoms with Crippen LogP contribution in [0, 0.1) is 0 Å². The van der Waals surface area contributed by atoms with E-state index in [1.807, 2.05) is 6.92 Å². The largest absolute Gasteiger partial charge is 0.482 e. The number of primary amides is 1. The van der Waals surface area contributed by atoms with Crippen LogP contribution in [0.1, 0.15) is 12.5 Å². The van der Waals surface area contributed by atoms with Gasteiger partial charge in [0.15, 0.2) is 6.61 Å². The minimum atomic E-state index is -0.551. The quantitative estimate of drug-likeness (QED) is 0.835. The van der Waals surface area contributed by atoms with Gasteiger partial charge in [-0.25, -0.2) is 0 Å². The number of amides is 1. The van der Waals surface area contributed by atoms with E-state index < -0.39 is 5.91 Å². The van der Waals surface area contributed by atoms with Gasteiger partial charge in [-0.15, -0.1) is 0 Å². The van der Waals surface area contributed by atoms with Gasteiger partial charge >= 0.3 is 0 Å². The van der Waals surface area contributed by atoms with Gasteiger partial charge in [0.1, 0.15) is 5.75 Å². The molecule has 0 aromatic heterocycles. The molecule has 17 heavy (non-hydrogen) atoms. The van der Waals surface area contributed by atoms with Gasteiger partial charge in [-0.05, 0) is 18.7 Å². The molecule has 1 amide bonds. The molecule has 1 aromatic rings. The van der Waals surface area contributed by atoms with Crippen molar-refractivity contribution in [2.45, 2.75) is 13.5 Å². The third-order valence-corrected chi connectivity index (χ3v) is 2.51. The Balaban J connectivity index is 2.93. The first kappa shape index (κ1) is 14.1. The second-order valence-electron chi connectivity index (χ2n) is 3.41. The summed E-state index contributed by atoms with van der Waals surface area (Å²) in [6.07, 6.45) is 0. The van der Waals surface area contributed by atoms with Crippen molar-refractivity contribution in [3.05, 3.63) is 27.7 Å². The number of halogens is 2. The minimum Gasteiger partial charge on any atom is -0.482 e. The lowest BCUT2D eigenvalue weighted by atomic mass is 10.2. The molecule has 6 heteroatoms. The smallest absolute Gasteiger partial charge is 0.255 e. The van der Waals surface area contributed by atoms with Crippen LogP contribution in [0.4, 0.5) is 0 Å². The molecule has 0 fully saturated rings. The van der Waals surface area contributed by atoms with E-state index in [2.05, 4.69) is 5.32 Å². The van der Waals surface area contributed by atoms with Crippen molar-refractivity contribution in [3.8, 4) is 5.75 Å². The number of hydrogen-bond donors (Lipinski definition) is 2. The van der Waals surface area contributed by atoms with E-state index in [0.717, 1.165) is 12.1 Å². The normalized spacial score (nSPS) is 10.3. The maximum atomic E-state index is 10.7. The third kappa shape index (κ3) is 4.42. The molecule has 0 heterocycles. The molecule has 1 rings (SSSR count). The Morgan fingerprint density at radius 3 is 2.76 bits per heavy atom. The highest BCUT2D eigenvalue weighted by atomic mass is 35.5. The number of benzene rings is 1. The molecule has 0 saturated carbocycles. The van der Waals surface area contributed by atoms with E-state index in [4.69, 9.17) is 33.7 Å². The fraction of sp³-hybridized carbons (Fsp3) is 0.364. The van der Waals surface area contributed by atoms with Gasteiger partial charge < -0.3 is 15.8 Å². The zero-order valence-electron chi connectivity index (χ0n) is 9.43. The van der Waals surface area contributed by atoms with Crippen molar-refractivity contribution in [2.24, 2.45) is 5.73 Å². The van der Waals surface area contributed by atoms with Gasteiger partial charge in [0, 0.05) is 17.1 Å². The number of hydrogen-bond acceptors (Lipinski definition) is 3. The Labute approximate surface area is 110 Å². The summed E-state index contributed by atoms with van der Waals surface area (Å²) in [6, 6.07) is 3.31. The fourth-order valence-electron chi connectivity index (χ4n) is 1.31. The second kappa shape index (κ2) is 6.69. The molecule has 0 aliphatic heterocycles. The van der Waals surface area contributed by atoms with Crippen molar-refractivity contribution in [2.75, 3.05) is 13.2 Å². The zero-order chi connectivity index (χ0) is 12.8. The third-order valence-electron chi connectivity index (χ3n) is 2.01. The lowest BCUT2D eigenvalue weighted by molar-refractivity contribution is -0.119. The Morgan fingerprint density at radius 1 is 1.47 bits per heavy atom. The second-order valence-corrected chi connectivity index (χ2v) is 4.25. The summed E-state index contributed by atoms with van der Waals surface area (Å²) in [6.45, 7) is 3.14. The van der Waals surface area contributed by atoms with Crippen LogP contribution in [0.2, 0.25) is 10.0 Å². The van der Waals surface area contributed by atoms with E-state index in [1.54, 1.807) is 12.1 Å². The van der Waals surface area contributed by atoms with E-state index in [9.17, 15) is 4.79 Å². The standard InChI is InChI=1S/C11H14Cl2N2O2/c1-2-15-5-7-3-8(12)4-9(13)11(7)17-6-10(14)16/h3-4,15H,2,5-6H2,1H3,(H2,14,16). The van der Waals surface area contributed by atoms with Gasteiger partial charge in [-0.1, -0.05) is 30.1 Å². The fourth-order valence-corrected chi connectivity index (χ4v) is 1.90. The maximum Gasteiger partial charge on any atom is 0.255 e. The molecule has 0 saturated heterocycles. The van der Waals surface area contributed by atoms with Crippen molar-refractivity contribution >= 4 is 29.1 Å². The Kier molecular flexibility index (Phi) is 5.55. The average Bonchev–Trinajstić information content (AvgIpc) is 2.24. The van der Waals surface area contributed by atoms with Crippen LogP contribution in [0.5, 0.6) is 5.75 Å². The van der Waals surface area contributed by atoms with Crippen LogP contribution in [0.15, 0.2) is 12.1 Å². The van der Waals surface area contributed by atoms with Crippen LogP contribution < -0.4 is 15.8 Å². The molecule has 0 aliphatic rings. The first-order valence-corrected chi connectivity index (χ1v) is 5.90. The number of rotatable bonds is 6. The topological polar surface area (TPSA) is 64.3 Å². The summed E-state index contributed by atoms with van der Waals surface area (Å²) in [7, 11) is 0. The molecule has 94 valence electrons. The molecule has 0 spiro atoms. The first-order valence-electron chi connectivity index (χ1n) is 5.14. The molecule has 4 nitrogen and oxygen atoms in total. The summed E-state index contributed by atoms with van der Waals surface area (Å²) in [5.41, 5.74) is 5.82. The monoisotopic (exact) mass is 276 g/mol. The predicted octanol–water partition coefficient (Wildman–Crippen LogP) is 1.97. The number of carbonyl (C=O) groups excluding carboxylic acids is 1. The Hall–Kier alpha value is -0.970. The summed E-state index contributed by atoms with van der Waals surface area (Å²) >= 11 is 11.9. The highest BCUT2D eigenvalue weighted by Gasteiger charge is 2.11. The van der Waals surface area contributed by atoms with Crippen LogP contribution in [-0.4, -0.2) is 19.1 Å². The SMILES string of the molecule is CCNCc1cc(Cl)cc(Cl)c1OCC(N)=O. The summed E-state index contributed by atoms with van der Waals surface area (Å²) < 4.78 is 5.28. The van der Waals surface area contributed by atoms with Crippen LogP contribution in [0.3, 0.4) is 0 Å². The van der Waals surface area contributed by atoms with Crippen molar-refractivity contribution < 1.29 is 9.53 Å². The van der Waals surface area contributed by atoms with Gasteiger partial charge in [-0.3, -0.25) is 4.79 Å². The minimum absolute atomic E-state index is 0.208. The van der Waals surface area contributed by atoms with E-state index in [-0.39, 0.29) is 6.61 Å². The lowest BCUT2D eigenvalue weighted by Gasteiger charge is -2.13. The molecule has 0 bridgehead atoms. The molecule has 0 aliphatic carbocycles. The van der Waals surface area contributed by atoms with E-state index in [0.29, 0.717) is 22.3 Å². The summed E-state index contributed by atoms with van der Waals surface area (Å²) in [5.74, 6) is -0.110. The van der Waals surface area contributed by atoms with E-state index >= 15 is 0 Å². The van der Waals surface area contributed by atoms with Gasteiger partial charge in [0.05, 0.1) is 5.02 Å². The predicted molar refractivity (Wildman–Crippen MR) is 68.5 cm³/mol. The Bertz CT molecular complexity index is 411. The summed E-state index contributed by atoms with van der Waals surface area (Å²) in [4.78, 5) is 10.7. The van der Waals surface area contributed by atoms with Crippen molar-refractivity contribution in [1.29, 1.82) is 0 Å². The van der Waals surface area contributed by atoms with Gasteiger partial charge in [0.25, 0.3) is 5.91 Å². The van der Waals surface area contributed by atoms with Crippen molar-refractivity contribution in [1.82, 2.24) is 5.32 Å². The summed E-state index contributed by atoms with van der Waals surface area (Å²) in [5, 5.41) is 4.02. The molecule has 1 aromatic carbocycles.